The number of nitrogens with zero attached hydrogens (tertiary/aromatic N) is 2. The van der Waals surface area contributed by atoms with Crippen LogP contribution in [0.5, 0.6) is 11.5 Å². The fraction of sp³-hybridized carbons (Fsp3) is 0.250. The van der Waals surface area contributed by atoms with Crippen LogP contribution in [0, 0.1) is 0 Å². The van der Waals surface area contributed by atoms with Gasteiger partial charge in [0.05, 0.1) is 50.4 Å². The molecule has 0 saturated carbocycles. The van der Waals surface area contributed by atoms with Gasteiger partial charge in [-0.3, -0.25) is 4.79 Å². The van der Waals surface area contributed by atoms with E-state index in [4.69, 9.17) is 18.6 Å². The van der Waals surface area contributed by atoms with E-state index in [1.165, 1.54) is 6.39 Å². The summed E-state index contributed by atoms with van der Waals surface area (Å²) in [7, 11) is 3.25. The quantitative estimate of drug-likeness (QED) is 0.513. The van der Waals surface area contributed by atoms with Gasteiger partial charge < -0.3 is 28.5 Å². The predicted molar refractivity (Wildman–Crippen MR) is 122 cm³/mol. The fourth-order valence-corrected chi connectivity index (χ4v) is 4.05. The van der Waals surface area contributed by atoms with E-state index in [1.807, 2.05) is 24.3 Å². The Morgan fingerprint density at radius 3 is 2.56 bits per heavy atom. The van der Waals surface area contributed by atoms with Gasteiger partial charge in [-0.05, 0) is 24.3 Å². The van der Waals surface area contributed by atoms with Gasteiger partial charge in [0.2, 0.25) is 0 Å². The number of fused-ring (bicyclic) bond motifs is 1. The van der Waals surface area contributed by atoms with Crippen molar-refractivity contribution in [2.24, 2.45) is 0 Å². The molecule has 0 radical (unpaired) electrons. The van der Waals surface area contributed by atoms with Crippen LogP contribution in [0.3, 0.4) is 0 Å². The number of nitrogens with one attached hydrogen (secondary N) is 1. The Balaban J connectivity index is 1.62. The van der Waals surface area contributed by atoms with Crippen molar-refractivity contribution in [3.63, 3.8) is 0 Å². The Bertz CT molecular complexity index is 1310. The second kappa shape index (κ2) is 8.39. The van der Waals surface area contributed by atoms with Crippen LogP contribution in [0.15, 0.2) is 58.2 Å². The third kappa shape index (κ3) is 3.58. The molecule has 3 heterocycles. The number of aromatic amines is 1. The van der Waals surface area contributed by atoms with Gasteiger partial charge in [0.25, 0.3) is 0 Å². The summed E-state index contributed by atoms with van der Waals surface area (Å²) in [6.07, 6.45) is 2.94. The number of methoxy groups -OCH3 is 2. The molecule has 1 aliphatic rings. The highest BCUT2D eigenvalue weighted by atomic mass is 16.5. The van der Waals surface area contributed by atoms with Crippen molar-refractivity contribution in [1.29, 1.82) is 0 Å². The van der Waals surface area contributed by atoms with Crippen molar-refractivity contribution < 1.29 is 18.6 Å². The lowest BCUT2D eigenvalue weighted by molar-refractivity contribution is 0.122. The zero-order chi connectivity index (χ0) is 22.1. The Morgan fingerprint density at radius 1 is 1.03 bits per heavy atom. The molecule has 2 aromatic carbocycles. The van der Waals surface area contributed by atoms with Crippen LogP contribution in [-0.4, -0.2) is 50.5 Å². The van der Waals surface area contributed by atoms with Crippen molar-refractivity contribution in [3.05, 3.63) is 59.2 Å². The third-order valence-electron chi connectivity index (χ3n) is 5.69. The molecule has 4 aromatic rings. The van der Waals surface area contributed by atoms with Crippen molar-refractivity contribution in [2.45, 2.75) is 0 Å². The van der Waals surface area contributed by atoms with Crippen LogP contribution < -0.4 is 19.8 Å². The lowest BCUT2D eigenvalue weighted by Gasteiger charge is -2.30. The molecule has 0 unspecified atom stereocenters. The zero-order valence-corrected chi connectivity index (χ0v) is 17.9. The molecule has 0 spiro atoms. The van der Waals surface area contributed by atoms with E-state index in [0.29, 0.717) is 46.9 Å². The average Bonchev–Trinajstić information content (AvgIpc) is 3.38. The van der Waals surface area contributed by atoms with Crippen LogP contribution in [-0.2, 0) is 4.74 Å². The standard InChI is InChI=1S/C24H23N3O5/c1-29-22-4-3-15(9-20(22)27-5-7-31-8-6-27)18-11-21(28)16-10-17(24-13-25-14-32-24)23(30-2)12-19(16)26-18/h3-4,9-14H,5-8H2,1-2H3,(H,26,28). The van der Waals surface area contributed by atoms with Gasteiger partial charge in [0.1, 0.15) is 11.5 Å². The number of hydrogen-bond acceptors (Lipinski definition) is 7. The summed E-state index contributed by atoms with van der Waals surface area (Å²) in [5, 5.41) is 0.544. The maximum absolute atomic E-state index is 13.0. The maximum Gasteiger partial charge on any atom is 0.190 e. The maximum atomic E-state index is 13.0. The first kappa shape index (κ1) is 20.1. The second-order valence-electron chi connectivity index (χ2n) is 7.50. The molecule has 2 aromatic heterocycles. The van der Waals surface area contributed by atoms with E-state index < -0.39 is 0 Å². The summed E-state index contributed by atoms with van der Waals surface area (Å²) in [4.78, 5) is 22.6. The predicted octanol–water partition coefficient (Wildman–Crippen LogP) is 3.70. The monoisotopic (exact) mass is 433 g/mol. The van der Waals surface area contributed by atoms with Gasteiger partial charge in [0.15, 0.2) is 17.6 Å². The minimum Gasteiger partial charge on any atom is -0.496 e. The molecule has 0 amide bonds. The SMILES string of the molecule is COc1cc2[nH]c(-c3ccc(OC)c(N4CCOCC4)c3)cc(=O)c2cc1-c1cnco1. The molecule has 1 fully saturated rings. The van der Waals surface area contributed by atoms with Crippen LogP contribution in [0.4, 0.5) is 5.69 Å². The number of aromatic nitrogens is 2. The zero-order valence-electron chi connectivity index (χ0n) is 17.9. The van der Waals surface area contributed by atoms with Crippen molar-refractivity contribution in [3.8, 4) is 34.1 Å². The van der Waals surface area contributed by atoms with Crippen LogP contribution in [0.25, 0.3) is 33.5 Å². The molecule has 1 N–H and O–H groups in total. The lowest BCUT2D eigenvalue weighted by atomic mass is 10.0. The van der Waals surface area contributed by atoms with E-state index in [2.05, 4.69) is 14.9 Å². The minimum absolute atomic E-state index is 0.0964. The molecular formula is C24H23N3O5. The Morgan fingerprint density at radius 2 is 1.84 bits per heavy atom. The Hall–Kier alpha value is -3.78. The van der Waals surface area contributed by atoms with Gasteiger partial charge in [-0.25, -0.2) is 4.98 Å². The first-order chi connectivity index (χ1) is 15.7. The molecule has 1 saturated heterocycles. The highest BCUT2D eigenvalue weighted by molar-refractivity contribution is 5.89. The number of oxazole rings is 1. The highest BCUT2D eigenvalue weighted by Gasteiger charge is 2.18. The molecule has 8 nitrogen and oxygen atoms in total. The Kier molecular flexibility index (Phi) is 5.28. The summed E-state index contributed by atoms with van der Waals surface area (Å²) in [6, 6.07) is 11.1. The van der Waals surface area contributed by atoms with Gasteiger partial charge in [0, 0.05) is 41.9 Å². The topological polar surface area (TPSA) is 89.8 Å². The largest absolute Gasteiger partial charge is 0.496 e. The first-order valence-corrected chi connectivity index (χ1v) is 10.3. The number of pyridine rings is 1. The molecule has 0 atom stereocenters. The molecular weight excluding hydrogens is 410 g/mol. The van der Waals surface area contributed by atoms with Gasteiger partial charge in [-0.15, -0.1) is 0 Å². The highest BCUT2D eigenvalue weighted by Crippen LogP contribution is 2.35. The third-order valence-corrected chi connectivity index (χ3v) is 5.69. The van der Waals surface area contributed by atoms with Crippen LogP contribution in [0.2, 0.25) is 0 Å². The summed E-state index contributed by atoms with van der Waals surface area (Å²) >= 11 is 0. The van der Waals surface area contributed by atoms with Crippen molar-refractivity contribution in [1.82, 2.24) is 9.97 Å². The number of hydrogen-bond donors (Lipinski definition) is 1. The lowest BCUT2D eigenvalue weighted by Crippen LogP contribution is -2.36. The normalized spacial score (nSPS) is 14.0. The number of H-pyrrole nitrogens is 1. The molecule has 0 bridgehead atoms. The van der Waals surface area contributed by atoms with Crippen molar-refractivity contribution >= 4 is 16.6 Å². The number of anilines is 1. The summed E-state index contributed by atoms with van der Waals surface area (Å²) < 4.78 is 22.0. The molecule has 1 aliphatic heterocycles. The van der Waals surface area contributed by atoms with Gasteiger partial charge >= 0.3 is 0 Å². The minimum atomic E-state index is -0.0964. The van der Waals surface area contributed by atoms with Crippen LogP contribution >= 0.6 is 0 Å². The van der Waals surface area contributed by atoms with Gasteiger partial charge in [-0.2, -0.15) is 0 Å². The average molecular weight is 433 g/mol. The molecule has 164 valence electrons. The number of ether oxygens (including phenoxy) is 3. The molecule has 8 heteroatoms. The fourth-order valence-electron chi connectivity index (χ4n) is 4.05. The van der Waals surface area contributed by atoms with E-state index in [0.717, 1.165) is 30.1 Å². The van der Waals surface area contributed by atoms with E-state index in [-0.39, 0.29) is 5.43 Å². The van der Waals surface area contributed by atoms with E-state index >= 15 is 0 Å². The number of morpholine rings is 1. The number of benzene rings is 2. The molecule has 0 aliphatic carbocycles. The smallest absolute Gasteiger partial charge is 0.190 e. The Labute approximate surface area is 184 Å². The summed E-state index contributed by atoms with van der Waals surface area (Å²) in [6.45, 7) is 2.92. The number of rotatable bonds is 5. The van der Waals surface area contributed by atoms with Crippen LogP contribution in [0.1, 0.15) is 0 Å². The van der Waals surface area contributed by atoms with E-state index in [9.17, 15) is 4.79 Å². The molecule has 32 heavy (non-hydrogen) atoms. The van der Waals surface area contributed by atoms with E-state index in [1.54, 1.807) is 32.5 Å². The van der Waals surface area contributed by atoms with Gasteiger partial charge in [-0.1, -0.05) is 0 Å². The second-order valence-corrected chi connectivity index (χ2v) is 7.50. The summed E-state index contributed by atoms with van der Waals surface area (Å²) in [5.74, 6) is 1.92. The van der Waals surface area contributed by atoms with Crippen molar-refractivity contribution in [2.75, 3.05) is 45.4 Å². The molecule has 5 rings (SSSR count). The first-order valence-electron chi connectivity index (χ1n) is 10.3. The summed E-state index contributed by atoms with van der Waals surface area (Å²) in [5.41, 5.74) is 3.85.